The van der Waals surface area contributed by atoms with Crippen molar-refractivity contribution >= 4 is 27.2 Å². The summed E-state index contributed by atoms with van der Waals surface area (Å²) in [7, 11) is -2.85. The van der Waals surface area contributed by atoms with Crippen molar-refractivity contribution in [2.75, 3.05) is 12.8 Å². The second kappa shape index (κ2) is 7.62. The highest BCUT2D eigenvalue weighted by molar-refractivity contribution is 7.86. The molecule has 0 amide bonds. The van der Waals surface area contributed by atoms with E-state index in [2.05, 4.69) is 14.4 Å². The summed E-state index contributed by atoms with van der Waals surface area (Å²) in [6.45, 7) is 3.82. The first-order valence-corrected chi connectivity index (χ1v) is 9.14. The van der Waals surface area contributed by atoms with Crippen LogP contribution in [0, 0.1) is 0 Å². The topological polar surface area (TPSA) is 114 Å². The van der Waals surface area contributed by atoms with Crippen LogP contribution < -0.4 is 5.73 Å². The standard InChI is InChI=1S/C17H21N3O4S/c1-4-11(2)13-9-12(25(22,23)24-3)10-16(17(13)21)20-19-15-8-6-5-7-14(15)18/h5-11,21H,4,18H2,1-3H3. The first-order valence-electron chi connectivity index (χ1n) is 7.74. The van der Waals surface area contributed by atoms with Gasteiger partial charge in [0.2, 0.25) is 0 Å². The van der Waals surface area contributed by atoms with Crippen molar-refractivity contribution in [1.82, 2.24) is 0 Å². The number of rotatable bonds is 6. The van der Waals surface area contributed by atoms with Crippen LogP contribution in [0.1, 0.15) is 31.7 Å². The van der Waals surface area contributed by atoms with Gasteiger partial charge in [0.05, 0.1) is 17.7 Å². The molecule has 0 aliphatic heterocycles. The lowest BCUT2D eigenvalue weighted by atomic mass is 9.97. The number of hydrogen-bond donors (Lipinski definition) is 2. The van der Waals surface area contributed by atoms with E-state index >= 15 is 0 Å². The summed E-state index contributed by atoms with van der Waals surface area (Å²) < 4.78 is 28.7. The number of benzene rings is 2. The number of azo groups is 1. The van der Waals surface area contributed by atoms with Crippen molar-refractivity contribution < 1.29 is 17.7 Å². The van der Waals surface area contributed by atoms with Gasteiger partial charge in [-0.2, -0.15) is 8.42 Å². The van der Waals surface area contributed by atoms with Crippen LogP contribution in [0.4, 0.5) is 17.1 Å². The maximum absolute atomic E-state index is 12.1. The molecule has 0 fully saturated rings. The third kappa shape index (κ3) is 4.15. The van der Waals surface area contributed by atoms with Crippen molar-refractivity contribution in [3.8, 4) is 5.75 Å². The number of phenolic OH excluding ortho intramolecular Hbond substituents is 1. The SMILES string of the molecule is CCC(C)c1cc(S(=O)(=O)OC)cc(N=Nc2ccccc2N)c1O. The second-order valence-corrected chi connectivity index (χ2v) is 7.28. The van der Waals surface area contributed by atoms with E-state index in [1.54, 1.807) is 24.3 Å². The molecule has 7 nitrogen and oxygen atoms in total. The minimum atomic E-state index is -3.93. The normalized spacial score (nSPS) is 13.2. The summed E-state index contributed by atoms with van der Waals surface area (Å²) in [5, 5.41) is 18.5. The summed E-state index contributed by atoms with van der Waals surface area (Å²) in [4.78, 5) is -0.0851. The molecule has 1 unspecified atom stereocenters. The number of nitrogens with zero attached hydrogens (tertiary/aromatic N) is 2. The lowest BCUT2D eigenvalue weighted by Gasteiger charge is -2.14. The number of nitrogens with two attached hydrogens (primary N) is 1. The Morgan fingerprint density at radius 1 is 1.20 bits per heavy atom. The Morgan fingerprint density at radius 3 is 2.44 bits per heavy atom. The first-order chi connectivity index (χ1) is 11.8. The molecule has 0 aromatic heterocycles. The van der Waals surface area contributed by atoms with Gasteiger partial charge in [-0.1, -0.05) is 26.0 Å². The van der Waals surface area contributed by atoms with E-state index in [0.717, 1.165) is 7.11 Å². The van der Waals surface area contributed by atoms with E-state index < -0.39 is 10.1 Å². The largest absolute Gasteiger partial charge is 0.505 e. The zero-order valence-corrected chi connectivity index (χ0v) is 15.1. The van der Waals surface area contributed by atoms with Gasteiger partial charge in [0, 0.05) is 5.56 Å². The summed E-state index contributed by atoms with van der Waals surface area (Å²) in [5.74, 6) is -0.176. The van der Waals surface area contributed by atoms with Gasteiger partial charge in [-0.3, -0.25) is 4.18 Å². The fourth-order valence-corrected chi connectivity index (χ4v) is 2.93. The molecule has 0 spiro atoms. The van der Waals surface area contributed by atoms with E-state index in [4.69, 9.17) is 5.73 Å². The molecule has 0 bridgehead atoms. The molecular weight excluding hydrogens is 342 g/mol. The minimum Gasteiger partial charge on any atom is -0.505 e. The number of para-hydroxylation sites is 1. The lowest BCUT2D eigenvalue weighted by molar-refractivity contribution is 0.397. The second-order valence-electron chi connectivity index (χ2n) is 5.57. The van der Waals surface area contributed by atoms with Gasteiger partial charge in [-0.05, 0) is 36.6 Å². The van der Waals surface area contributed by atoms with E-state index in [1.807, 2.05) is 13.8 Å². The van der Waals surface area contributed by atoms with Crippen molar-refractivity contribution in [3.05, 3.63) is 42.0 Å². The smallest absolute Gasteiger partial charge is 0.296 e. The number of hydrogen-bond acceptors (Lipinski definition) is 7. The zero-order valence-electron chi connectivity index (χ0n) is 14.3. The van der Waals surface area contributed by atoms with Gasteiger partial charge in [-0.15, -0.1) is 10.2 Å². The average molecular weight is 363 g/mol. The van der Waals surface area contributed by atoms with Crippen LogP contribution in [0.15, 0.2) is 51.5 Å². The van der Waals surface area contributed by atoms with Crippen molar-refractivity contribution in [1.29, 1.82) is 0 Å². The third-order valence-electron chi connectivity index (χ3n) is 3.95. The van der Waals surface area contributed by atoms with Crippen LogP contribution in [0.25, 0.3) is 0 Å². The molecule has 0 radical (unpaired) electrons. The summed E-state index contributed by atoms with van der Waals surface area (Å²) in [5.41, 5.74) is 7.17. The highest BCUT2D eigenvalue weighted by Gasteiger charge is 2.21. The molecule has 2 aromatic carbocycles. The molecule has 8 heteroatoms. The van der Waals surface area contributed by atoms with E-state index in [9.17, 15) is 13.5 Å². The molecule has 3 N–H and O–H groups in total. The monoisotopic (exact) mass is 363 g/mol. The van der Waals surface area contributed by atoms with E-state index in [-0.39, 0.29) is 22.3 Å². The Kier molecular flexibility index (Phi) is 5.76. The molecular formula is C17H21N3O4S. The van der Waals surface area contributed by atoms with Crippen molar-refractivity contribution in [3.63, 3.8) is 0 Å². The van der Waals surface area contributed by atoms with Crippen LogP contribution >= 0.6 is 0 Å². The fourth-order valence-electron chi connectivity index (χ4n) is 2.21. The number of phenols is 1. The maximum Gasteiger partial charge on any atom is 0.296 e. The Labute approximate surface area is 147 Å². The van der Waals surface area contributed by atoms with Crippen LogP contribution in [-0.4, -0.2) is 20.6 Å². The number of aromatic hydroxyl groups is 1. The van der Waals surface area contributed by atoms with Gasteiger partial charge in [0.15, 0.2) is 0 Å². The van der Waals surface area contributed by atoms with Crippen LogP contribution in [-0.2, 0) is 14.3 Å². The third-order valence-corrected chi connectivity index (χ3v) is 5.20. The zero-order chi connectivity index (χ0) is 18.6. The van der Waals surface area contributed by atoms with Crippen molar-refractivity contribution in [2.24, 2.45) is 10.2 Å². The fraction of sp³-hybridized carbons (Fsp3) is 0.294. The predicted molar refractivity (Wildman–Crippen MR) is 96.0 cm³/mol. The van der Waals surface area contributed by atoms with Gasteiger partial charge in [0.1, 0.15) is 17.1 Å². The first kappa shape index (κ1) is 18.9. The predicted octanol–water partition coefficient (Wildman–Crippen LogP) is 4.24. The number of anilines is 1. The summed E-state index contributed by atoms with van der Waals surface area (Å²) in [6, 6.07) is 9.48. The van der Waals surface area contributed by atoms with Gasteiger partial charge in [0.25, 0.3) is 10.1 Å². The molecule has 1 atom stereocenters. The molecule has 2 aromatic rings. The lowest BCUT2D eigenvalue weighted by Crippen LogP contribution is -2.04. The minimum absolute atomic E-state index is 0.0386. The van der Waals surface area contributed by atoms with Crippen molar-refractivity contribution in [2.45, 2.75) is 31.1 Å². The quantitative estimate of drug-likeness (QED) is 0.452. The molecule has 2 rings (SSSR count). The maximum atomic E-state index is 12.1. The Hall–Kier alpha value is -2.45. The Bertz CT molecular complexity index is 895. The molecule has 134 valence electrons. The highest BCUT2D eigenvalue weighted by Crippen LogP contribution is 2.39. The van der Waals surface area contributed by atoms with Crippen LogP contribution in [0.3, 0.4) is 0 Å². The Morgan fingerprint density at radius 2 is 1.84 bits per heavy atom. The molecule has 0 saturated carbocycles. The van der Waals surface area contributed by atoms with Gasteiger partial charge >= 0.3 is 0 Å². The molecule has 0 heterocycles. The van der Waals surface area contributed by atoms with Crippen LogP contribution in [0.2, 0.25) is 0 Å². The van der Waals surface area contributed by atoms with Gasteiger partial charge < -0.3 is 10.8 Å². The molecule has 25 heavy (non-hydrogen) atoms. The molecule has 0 aliphatic rings. The Balaban J connectivity index is 2.60. The summed E-state index contributed by atoms with van der Waals surface area (Å²) >= 11 is 0. The van der Waals surface area contributed by atoms with Gasteiger partial charge in [-0.25, -0.2) is 0 Å². The van der Waals surface area contributed by atoms with E-state index in [0.29, 0.717) is 23.4 Å². The number of nitrogen functional groups attached to an aromatic ring is 1. The molecule has 0 saturated heterocycles. The highest BCUT2D eigenvalue weighted by atomic mass is 32.2. The van der Waals surface area contributed by atoms with E-state index in [1.165, 1.54) is 12.1 Å². The van der Waals surface area contributed by atoms with Crippen LogP contribution in [0.5, 0.6) is 5.75 Å². The summed E-state index contributed by atoms with van der Waals surface area (Å²) in [6.07, 6.45) is 0.715. The average Bonchev–Trinajstić information content (AvgIpc) is 2.61. The molecule has 0 aliphatic carbocycles.